The second-order valence-corrected chi connectivity index (χ2v) is 5.12. The maximum absolute atomic E-state index is 6.57. The average Bonchev–Trinajstić information content (AvgIpc) is 2.89. The molecule has 2 rings (SSSR count). The predicted molar refractivity (Wildman–Crippen MR) is 152 cm³/mol. The largest absolute Gasteiger partial charge is 0.486 e. The van der Waals surface area contributed by atoms with Crippen molar-refractivity contribution in [2.45, 2.75) is 34.1 Å². The zero-order chi connectivity index (χ0) is 25.0. The summed E-state index contributed by atoms with van der Waals surface area (Å²) in [6.07, 6.45) is 9.01. The fraction of sp³-hybridized carbons (Fsp3) is 0.250. The van der Waals surface area contributed by atoms with Gasteiger partial charge in [0, 0.05) is 690 Å². The van der Waals surface area contributed by atoms with Crippen molar-refractivity contribution >= 4 is 34.1 Å². The normalized spacial score (nSPS) is 5.44. The van der Waals surface area contributed by atoms with Crippen molar-refractivity contribution in [2.75, 3.05) is 16.9 Å². The summed E-state index contributed by atoms with van der Waals surface area (Å²) in [6, 6.07) is 7.23. The monoisotopic (exact) mass is 2260 g/mol. The van der Waals surface area contributed by atoms with Crippen LogP contribution in [-0.4, -0.2) is 27.2 Å². The zero-order valence-electron chi connectivity index (χ0n) is 33.0. The Morgan fingerprint density at radius 1 is 0.574 bits per heavy atom. The number of nitrogens with one attached hydrogen (secondary N) is 2. The first kappa shape index (κ1) is 164. The molecule has 0 bridgehead atoms. The first-order valence-electron chi connectivity index (χ1n) is 9.69. The van der Waals surface area contributed by atoms with E-state index >= 15 is 0 Å². The summed E-state index contributed by atoms with van der Waals surface area (Å²) in [5.74, 6) is 0.557. The van der Waals surface area contributed by atoms with Crippen LogP contribution in [0, 0.1) is 42.0 Å². The minimum atomic E-state index is 0. The third-order valence-corrected chi connectivity index (χ3v) is 3.21. The van der Waals surface area contributed by atoms with Crippen molar-refractivity contribution < 1.29 is 654 Å². The van der Waals surface area contributed by atoms with Gasteiger partial charge in [0.1, 0.15) is 5.10 Å². The van der Waals surface area contributed by atoms with Crippen LogP contribution in [-0.2, 0) is 654 Å². The molecule has 0 atom stereocenters. The van der Waals surface area contributed by atoms with Crippen LogP contribution in [0.4, 0.5) is 11.4 Å². The Balaban J connectivity index is -0.00000000872. The fourth-order valence-electron chi connectivity index (χ4n) is 1.52. The number of amidine groups is 2. The summed E-state index contributed by atoms with van der Waals surface area (Å²) in [4.78, 5) is 13.6. The van der Waals surface area contributed by atoms with Crippen LogP contribution in [0.3, 0.4) is 0 Å². The standard InChI is InChI=1S/C9H9N4.C8H8N4S.2C2H6.CH4N.2CH3.20Y/c1-3-9(13-10-2)12-8-4-6-11-7-5-8;1-9-12-8(13-2)11-7-3-5-10-6-4-7;3*1-2;;;;;;;;;;;;;;;;;;;;;;/h4-7H,1,3H2,(H,11,12,13);3-6H,2H3,(H,10,11,12);2*1-2H3;1-2H2;2*1H3;;;;;;;;;;;;;;;;;;;;/q-1;;;;3*-1;;;;;;;;;;;;;;;;;;;;. The van der Waals surface area contributed by atoms with Gasteiger partial charge in [-0.1, -0.05) is 39.5 Å². The van der Waals surface area contributed by atoms with E-state index in [0.29, 0.717) is 17.4 Å². The fourth-order valence-corrected chi connectivity index (χ4v) is 1.86. The second kappa shape index (κ2) is 151. The molecule has 30 heteroatoms. The molecule has 0 saturated carbocycles. The van der Waals surface area contributed by atoms with Crippen molar-refractivity contribution in [1.82, 2.24) is 9.97 Å². The smallest absolute Gasteiger partial charge is 0.248 e. The molecule has 0 aliphatic heterocycles. The summed E-state index contributed by atoms with van der Waals surface area (Å²) in [7, 11) is 2.75. The SMILES string of the molecule is CC.CC.[C-]#[N+]/N=C(/Nc1ccncc1)SC.[C-]#[N+]/N=C(\C[CH2-])Nc1ccncc1.[CH2-]N.[CH3-].[CH3-].[Y].[Y].[Y].[Y].[Y].[Y].[Y].[Y].[Y].[Y].[Y].[Y].[Y].[Y].[Y].[Y].[Y].[Y].[Y].[Y]. The second-order valence-electron chi connectivity index (χ2n) is 4.33. The van der Waals surface area contributed by atoms with E-state index in [0.717, 1.165) is 11.4 Å². The molecule has 0 unspecified atom stereocenters. The molecule has 250 valence electrons. The number of hydrogen-bond acceptors (Lipinski definition) is 6. The van der Waals surface area contributed by atoms with Crippen LogP contribution in [0.5, 0.6) is 0 Å². The number of hydrogen-bond donors (Lipinski definition) is 3. The molecule has 9 nitrogen and oxygen atoms in total. The number of nitrogens with two attached hydrogens (primary N) is 1. The quantitative estimate of drug-likeness (QED) is 0.138. The van der Waals surface area contributed by atoms with Gasteiger partial charge in [0.05, 0.1) is 5.10 Å². The van der Waals surface area contributed by atoms with Gasteiger partial charge in [0.15, 0.2) is 5.84 Å². The first-order valence-corrected chi connectivity index (χ1v) is 10.9. The van der Waals surface area contributed by atoms with E-state index < -0.39 is 0 Å². The molecule has 0 aliphatic carbocycles. The van der Waals surface area contributed by atoms with E-state index in [9.17, 15) is 0 Å². The van der Waals surface area contributed by atoms with Gasteiger partial charge in [-0.05, 0) is 30.5 Å². The number of thioether (sulfide) groups is 1. The maximum atomic E-state index is 6.57. The van der Waals surface area contributed by atoms with E-state index in [2.05, 4.69) is 60.4 Å². The number of nitrogens with zero attached hydrogens (tertiary/aromatic N) is 6. The summed E-state index contributed by atoms with van der Waals surface area (Å²) in [6.45, 7) is 24.8. The van der Waals surface area contributed by atoms with Crippen LogP contribution in [0.25, 0.3) is 9.91 Å². The van der Waals surface area contributed by atoms with Gasteiger partial charge in [-0.2, -0.15) is 13.1 Å². The molecule has 2 aromatic rings. The molecule has 2 aromatic heterocycles. The first-order chi connectivity index (χ1) is 15.7. The van der Waals surface area contributed by atoms with Gasteiger partial charge in [0.2, 0.25) is 5.17 Å². The summed E-state index contributed by atoms with van der Waals surface area (Å²) in [5.41, 5.74) is 5.99. The Morgan fingerprint density at radius 2 is 0.815 bits per heavy atom. The van der Waals surface area contributed by atoms with Gasteiger partial charge >= 0.3 is 0 Å². The number of pyridine rings is 2. The van der Waals surface area contributed by atoms with Crippen molar-refractivity contribution in [3.8, 4) is 0 Å². The third-order valence-electron chi connectivity index (χ3n) is 2.64. The number of rotatable bonds is 3. The van der Waals surface area contributed by atoms with Gasteiger partial charge < -0.3 is 38.1 Å². The van der Waals surface area contributed by atoms with Gasteiger partial charge in [-0.25, -0.2) is 0 Å². The summed E-state index contributed by atoms with van der Waals surface area (Å²) in [5, 5.41) is 13.7. The molecule has 2 heterocycles. The molecular weight excluding hydrogens is 2220 g/mol. The van der Waals surface area contributed by atoms with Crippen LogP contribution in [0.2, 0.25) is 0 Å². The zero-order valence-corrected chi connectivity index (χ0v) is 90.5. The molecule has 54 heavy (non-hydrogen) atoms. The molecule has 0 aromatic carbocycles. The van der Waals surface area contributed by atoms with Crippen molar-refractivity contribution in [1.29, 1.82) is 0 Å². The molecular formula is C24H39N9SY20-4. The summed E-state index contributed by atoms with van der Waals surface area (Å²) >= 11 is 1.39. The predicted octanol–water partition coefficient (Wildman–Crippen LogP) is 6.64. The van der Waals surface area contributed by atoms with Crippen molar-refractivity contribution in [3.63, 3.8) is 0 Å². The minimum absolute atomic E-state index is 0. The van der Waals surface area contributed by atoms with Crippen LogP contribution in [0.1, 0.15) is 34.1 Å². The van der Waals surface area contributed by atoms with Gasteiger partial charge in [-0.3, -0.25) is 17.0 Å². The molecule has 4 N–H and O–H groups in total. The van der Waals surface area contributed by atoms with Crippen molar-refractivity contribution in [3.05, 3.63) is 101 Å². The molecule has 0 saturated heterocycles. The van der Waals surface area contributed by atoms with E-state index in [1.165, 1.54) is 11.8 Å². The average molecular weight is 2260 g/mol. The van der Waals surface area contributed by atoms with E-state index in [1.54, 1.807) is 36.9 Å². The molecule has 20 radical (unpaired) electrons. The van der Waals surface area contributed by atoms with Gasteiger partial charge in [0.25, 0.3) is 0 Å². The summed E-state index contributed by atoms with van der Waals surface area (Å²) < 4.78 is 0. The number of aromatic nitrogens is 2. The Labute approximate surface area is 839 Å². The van der Waals surface area contributed by atoms with E-state index in [-0.39, 0.29) is 669 Å². The Morgan fingerprint density at radius 3 is 1.02 bits per heavy atom. The van der Waals surface area contributed by atoms with Crippen LogP contribution in [0.15, 0.2) is 59.3 Å². The molecule has 0 amide bonds. The topological polar surface area (TPSA) is 109 Å². The van der Waals surface area contributed by atoms with Crippen LogP contribution >= 0.6 is 11.8 Å². The number of anilines is 2. The Bertz CT molecular complexity index is 779. The Kier molecular flexibility index (Phi) is 460. The third kappa shape index (κ3) is 124. The molecule has 0 spiro atoms. The Hall–Kier alpha value is 18.6. The van der Waals surface area contributed by atoms with Gasteiger partial charge in [-0.15, -0.1) is 16.3 Å². The molecule has 0 fully saturated rings. The minimum Gasteiger partial charge on any atom is -0.486 e. The maximum Gasteiger partial charge on any atom is 0.248 e. The van der Waals surface area contributed by atoms with E-state index in [1.807, 2.05) is 46.1 Å². The van der Waals surface area contributed by atoms with E-state index in [4.69, 9.17) is 13.1 Å². The molecule has 0 aliphatic rings. The van der Waals surface area contributed by atoms with Crippen LogP contribution < -0.4 is 16.4 Å². The van der Waals surface area contributed by atoms with Crippen molar-refractivity contribution in [2.24, 2.45) is 15.9 Å².